The van der Waals surface area contributed by atoms with Gasteiger partial charge < -0.3 is 9.64 Å². The Hall–Kier alpha value is -0.0800. The molecule has 1 aliphatic rings. The van der Waals surface area contributed by atoms with E-state index in [1.165, 1.54) is 0 Å². The van der Waals surface area contributed by atoms with Gasteiger partial charge in [0.15, 0.2) is 0 Å². The fraction of sp³-hybridized carbons (Fsp3) is 1.00. The van der Waals surface area contributed by atoms with Gasteiger partial charge in [0.2, 0.25) is 0 Å². The van der Waals surface area contributed by atoms with Crippen molar-refractivity contribution in [2.45, 2.75) is 39.9 Å². The van der Waals surface area contributed by atoms with Gasteiger partial charge in [0.1, 0.15) is 0 Å². The lowest BCUT2D eigenvalue weighted by molar-refractivity contribution is -0.0602. The predicted octanol–water partition coefficient (Wildman–Crippen LogP) is 1.75. The molecule has 0 aromatic rings. The van der Waals surface area contributed by atoms with Gasteiger partial charge in [-0.15, -0.1) is 0 Å². The zero-order valence-electron chi connectivity index (χ0n) is 8.42. The third-order valence-corrected chi connectivity index (χ3v) is 1.60. The molecule has 0 N–H and O–H groups in total. The molecule has 1 aliphatic heterocycles. The second kappa shape index (κ2) is 5.56. The van der Waals surface area contributed by atoms with Gasteiger partial charge in [-0.05, 0) is 20.9 Å². The molecule has 0 bridgehead atoms. The highest BCUT2D eigenvalue weighted by atomic mass is 16.5. The van der Waals surface area contributed by atoms with E-state index in [2.05, 4.69) is 25.8 Å². The molecule has 11 heavy (non-hydrogen) atoms. The third kappa shape index (κ3) is 4.38. The van der Waals surface area contributed by atoms with Crippen LogP contribution >= 0.6 is 0 Å². The second-order valence-corrected chi connectivity index (χ2v) is 2.98. The zero-order chi connectivity index (χ0) is 8.85. The minimum absolute atomic E-state index is 0.416. The van der Waals surface area contributed by atoms with Gasteiger partial charge in [0.25, 0.3) is 0 Å². The minimum Gasteiger partial charge on any atom is -0.373 e. The lowest BCUT2D eigenvalue weighted by Crippen LogP contribution is -2.42. The Bertz CT molecular complexity index is 70.5. The maximum absolute atomic E-state index is 5.51. The average molecular weight is 159 g/mol. The van der Waals surface area contributed by atoms with E-state index in [-0.39, 0.29) is 0 Å². The Morgan fingerprint density at radius 3 is 1.73 bits per heavy atom. The highest BCUT2D eigenvalue weighted by Gasteiger charge is 2.18. The molecule has 2 nitrogen and oxygen atoms in total. The van der Waals surface area contributed by atoms with Crippen molar-refractivity contribution in [2.24, 2.45) is 0 Å². The van der Waals surface area contributed by atoms with Crippen LogP contribution in [0, 0.1) is 0 Å². The predicted molar refractivity (Wildman–Crippen MR) is 48.9 cm³/mol. The molecule has 0 aromatic carbocycles. The van der Waals surface area contributed by atoms with E-state index in [0.717, 1.165) is 13.1 Å². The molecule has 0 radical (unpaired) electrons. The van der Waals surface area contributed by atoms with E-state index in [4.69, 9.17) is 4.74 Å². The summed E-state index contributed by atoms with van der Waals surface area (Å²) in [5, 5.41) is 0. The van der Waals surface area contributed by atoms with E-state index >= 15 is 0 Å². The lowest BCUT2D eigenvalue weighted by Gasteiger charge is -2.32. The molecule has 1 unspecified atom stereocenters. The maximum Gasteiger partial charge on any atom is 0.0678 e. The van der Waals surface area contributed by atoms with Crippen molar-refractivity contribution in [1.82, 2.24) is 4.90 Å². The molecule has 0 aliphatic carbocycles. The first-order valence-electron chi connectivity index (χ1n) is 4.52. The molecule has 0 aromatic heterocycles. The fourth-order valence-electron chi connectivity index (χ4n) is 1.44. The van der Waals surface area contributed by atoms with Gasteiger partial charge in [-0.3, -0.25) is 0 Å². The van der Waals surface area contributed by atoms with Gasteiger partial charge in [-0.2, -0.15) is 0 Å². The van der Waals surface area contributed by atoms with Crippen LogP contribution in [0.3, 0.4) is 0 Å². The fourth-order valence-corrected chi connectivity index (χ4v) is 1.44. The van der Waals surface area contributed by atoms with E-state index in [9.17, 15) is 0 Å². The van der Waals surface area contributed by atoms with Crippen LogP contribution in [0.2, 0.25) is 0 Å². The number of ether oxygens (including phenoxy) is 1. The lowest BCUT2D eigenvalue weighted by atomic mass is 10.2. The van der Waals surface area contributed by atoms with Crippen molar-refractivity contribution in [3.63, 3.8) is 0 Å². The summed E-state index contributed by atoms with van der Waals surface area (Å²) < 4.78 is 5.51. The van der Waals surface area contributed by atoms with E-state index in [1.807, 2.05) is 13.8 Å². The number of rotatable bonds is 0. The molecule has 0 saturated carbocycles. The maximum atomic E-state index is 5.51. The van der Waals surface area contributed by atoms with Gasteiger partial charge in [0.05, 0.1) is 12.2 Å². The molecular weight excluding hydrogens is 138 g/mol. The van der Waals surface area contributed by atoms with E-state index in [1.54, 1.807) is 0 Å². The van der Waals surface area contributed by atoms with Gasteiger partial charge >= 0.3 is 0 Å². The van der Waals surface area contributed by atoms with Gasteiger partial charge in [0, 0.05) is 13.1 Å². The zero-order valence-corrected chi connectivity index (χ0v) is 8.42. The monoisotopic (exact) mass is 159 g/mol. The SMILES string of the molecule is CC.CC1CN(C)C[C@@H](C)O1. The van der Waals surface area contributed by atoms with Crippen molar-refractivity contribution in [2.75, 3.05) is 20.1 Å². The molecule has 1 rings (SSSR count). The molecule has 0 spiro atoms. The van der Waals surface area contributed by atoms with Gasteiger partial charge in [-0.1, -0.05) is 13.8 Å². The van der Waals surface area contributed by atoms with Crippen LogP contribution in [0.4, 0.5) is 0 Å². The Labute approximate surface area is 70.5 Å². The highest BCUT2D eigenvalue weighted by Crippen LogP contribution is 2.07. The van der Waals surface area contributed by atoms with Crippen LogP contribution in [-0.4, -0.2) is 37.2 Å². The summed E-state index contributed by atoms with van der Waals surface area (Å²) in [6, 6.07) is 0. The first-order chi connectivity index (χ1) is 5.18. The Kier molecular flexibility index (Phi) is 5.51. The van der Waals surface area contributed by atoms with Crippen LogP contribution < -0.4 is 0 Å². The molecule has 2 atom stereocenters. The van der Waals surface area contributed by atoms with E-state index < -0.39 is 0 Å². The summed E-state index contributed by atoms with van der Waals surface area (Å²) in [4.78, 5) is 2.30. The first-order valence-corrected chi connectivity index (χ1v) is 4.52. The molecule has 2 heteroatoms. The first kappa shape index (κ1) is 10.9. The third-order valence-electron chi connectivity index (χ3n) is 1.60. The topological polar surface area (TPSA) is 12.5 Å². The minimum atomic E-state index is 0.416. The smallest absolute Gasteiger partial charge is 0.0678 e. The molecule has 1 saturated heterocycles. The summed E-state index contributed by atoms with van der Waals surface area (Å²) in [5.74, 6) is 0. The highest BCUT2D eigenvalue weighted by molar-refractivity contribution is 4.69. The summed E-state index contributed by atoms with van der Waals surface area (Å²) >= 11 is 0. The van der Waals surface area contributed by atoms with Crippen molar-refractivity contribution in [3.8, 4) is 0 Å². The standard InChI is InChI=1S/C7H15NO.C2H6/c1-6-4-8(3)5-7(2)9-6;1-2/h6-7H,4-5H2,1-3H3;1-2H3/t6-,7?;/m1./s1. The van der Waals surface area contributed by atoms with E-state index in [0.29, 0.717) is 12.2 Å². The van der Waals surface area contributed by atoms with Crippen molar-refractivity contribution < 1.29 is 4.74 Å². The largest absolute Gasteiger partial charge is 0.373 e. The summed E-state index contributed by atoms with van der Waals surface area (Å²) in [7, 11) is 2.13. The second-order valence-electron chi connectivity index (χ2n) is 2.98. The van der Waals surface area contributed by atoms with Gasteiger partial charge in [-0.25, -0.2) is 0 Å². The number of morpholine rings is 1. The molecule has 0 amide bonds. The Morgan fingerprint density at radius 1 is 1.09 bits per heavy atom. The molecule has 68 valence electrons. The summed E-state index contributed by atoms with van der Waals surface area (Å²) in [6.45, 7) is 10.4. The molecular formula is C9H21NO. The number of hydrogen-bond acceptors (Lipinski definition) is 2. The van der Waals surface area contributed by atoms with Crippen molar-refractivity contribution in [1.29, 1.82) is 0 Å². The molecule has 1 heterocycles. The average Bonchev–Trinajstić information content (AvgIpc) is 1.88. The number of hydrogen-bond donors (Lipinski definition) is 0. The molecule has 1 fully saturated rings. The van der Waals surface area contributed by atoms with Crippen molar-refractivity contribution in [3.05, 3.63) is 0 Å². The van der Waals surface area contributed by atoms with Crippen LogP contribution in [-0.2, 0) is 4.74 Å². The Morgan fingerprint density at radius 2 is 1.45 bits per heavy atom. The Balaban J connectivity index is 0.000000461. The normalized spacial score (nSPS) is 32.5. The van der Waals surface area contributed by atoms with Crippen molar-refractivity contribution >= 4 is 0 Å². The van der Waals surface area contributed by atoms with Crippen LogP contribution in [0.1, 0.15) is 27.7 Å². The number of likely N-dealkylation sites (N-methyl/N-ethyl adjacent to an activating group) is 1. The summed E-state index contributed by atoms with van der Waals surface area (Å²) in [5.41, 5.74) is 0. The van der Waals surface area contributed by atoms with Crippen LogP contribution in [0.5, 0.6) is 0 Å². The summed E-state index contributed by atoms with van der Waals surface area (Å²) in [6.07, 6.45) is 0.831. The van der Waals surface area contributed by atoms with Crippen LogP contribution in [0.15, 0.2) is 0 Å². The number of nitrogens with zero attached hydrogens (tertiary/aromatic N) is 1. The van der Waals surface area contributed by atoms with Crippen LogP contribution in [0.25, 0.3) is 0 Å². The quantitative estimate of drug-likeness (QED) is 0.534.